The Balaban J connectivity index is 2.70. The molecule has 0 amide bonds. The first-order chi connectivity index (χ1) is 9.86. The standard InChI is InChI=1S/C13H17F3N2O2S/c1-21-8-4-2-3-7-17-12-6-5-10(18(19)20)9-11(12)13(14,15)16/h5-6,9,17H,2-4,7-8H2,1H3. The Morgan fingerprint density at radius 2 is 2.00 bits per heavy atom. The Morgan fingerprint density at radius 3 is 2.57 bits per heavy atom. The molecular formula is C13H17F3N2O2S. The molecule has 0 aliphatic carbocycles. The zero-order valence-electron chi connectivity index (χ0n) is 11.6. The minimum atomic E-state index is -4.62. The van der Waals surface area contributed by atoms with E-state index in [4.69, 9.17) is 0 Å². The van der Waals surface area contributed by atoms with E-state index in [9.17, 15) is 23.3 Å². The average molecular weight is 322 g/mol. The SMILES string of the molecule is CSCCCCCNc1ccc([N+](=O)[O-])cc1C(F)(F)F. The van der Waals surface area contributed by atoms with Gasteiger partial charge in [0.15, 0.2) is 0 Å². The third-order valence-corrected chi connectivity index (χ3v) is 3.56. The second-order valence-electron chi connectivity index (χ2n) is 4.46. The van der Waals surface area contributed by atoms with E-state index in [1.54, 1.807) is 11.8 Å². The number of alkyl halides is 3. The van der Waals surface area contributed by atoms with Crippen molar-refractivity contribution in [3.8, 4) is 0 Å². The van der Waals surface area contributed by atoms with Crippen molar-refractivity contribution in [1.82, 2.24) is 0 Å². The molecule has 0 radical (unpaired) electrons. The topological polar surface area (TPSA) is 55.2 Å². The second-order valence-corrected chi connectivity index (χ2v) is 5.45. The number of thioether (sulfide) groups is 1. The lowest BCUT2D eigenvalue weighted by Gasteiger charge is -2.14. The summed E-state index contributed by atoms with van der Waals surface area (Å²) in [6.07, 6.45) is 0.101. The number of non-ortho nitro benzene ring substituents is 1. The smallest absolute Gasteiger partial charge is 0.385 e. The van der Waals surface area contributed by atoms with Gasteiger partial charge in [0.1, 0.15) is 0 Å². The van der Waals surface area contributed by atoms with Crippen LogP contribution in [0.25, 0.3) is 0 Å². The fraction of sp³-hybridized carbons (Fsp3) is 0.538. The molecule has 1 aromatic carbocycles. The van der Waals surface area contributed by atoms with E-state index in [1.807, 2.05) is 6.26 Å². The first-order valence-corrected chi connectivity index (χ1v) is 7.84. The van der Waals surface area contributed by atoms with Gasteiger partial charge >= 0.3 is 6.18 Å². The van der Waals surface area contributed by atoms with Crippen LogP contribution in [-0.4, -0.2) is 23.5 Å². The normalized spacial score (nSPS) is 11.4. The number of unbranched alkanes of at least 4 members (excludes halogenated alkanes) is 2. The highest BCUT2D eigenvalue weighted by Crippen LogP contribution is 2.37. The summed E-state index contributed by atoms with van der Waals surface area (Å²) >= 11 is 1.73. The average Bonchev–Trinajstić information content (AvgIpc) is 2.41. The number of rotatable bonds is 8. The van der Waals surface area contributed by atoms with Crippen LogP contribution in [-0.2, 0) is 6.18 Å². The predicted octanol–water partition coefficient (Wildman–Crippen LogP) is 4.56. The van der Waals surface area contributed by atoms with Crippen LogP contribution in [0.4, 0.5) is 24.5 Å². The molecule has 1 aromatic rings. The van der Waals surface area contributed by atoms with Crippen molar-refractivity contribution in [2.45, 2.75) is 25.4 Å². The van der Waals surface area contributed by atoms with Crippen LogP contribution in [0, 0.1) is 10.1 Å². The first-order valence-electron chi connectivity index (χ1n) is 6.44. The van der Waals surface area contributed by atoms with Gasteiger partial charge in [0.05, 0.1) is 10.5 Å². The third-order valence-electron chi connectivity index (χ3n) is 2.86. The van der Waals surface area contributed by atoms with E-state index >= 15 is 0 Å². The predicted molar refractivity (Wildman–Crippen MR) is 78.8 cm³/mol. The highest BCUT2D eigenvalue weighted by Gasteiger charge is 2.35. The summed E-state index contributed by atoms with van der Waals surface area (Å²) in [6, 6.07) is 2.75. The number of benzene rings is 1. The molecule has 0 spiro atoms. The van der Waals surface area contributed by atoms with Gasteiger partial charge < -0.3 is 5.32 Å². The summed E-state index contributed by atoms with van der Waals surface area (Å²) < 4.78 is 38.7. The molecule has 1 rings (SSSR count). The fourth-order valence-electron chi connectivity index (χ4n) is 1.81. The van der Waals surface area contributed by atoms with Gasteiger partial charge in [-0.15, -0.1) is 0 Å². The van der Waals surface area contributed by atoms with E-state index in [2.05, 4.69) is 5.32 Å². The molecule has 0 aliphatic rings. The molecule has 0 fully saturated rings. The zero-order valence-corrected chi connectivity index (χ0v) is 12.4. The first kappa shape index (κ1) is 17.6. The molecule has 4 nitrogen and oxygen atoms in total. The maximum atomic E-state index is 12.9. The summed E-state index contributed by atoms with van der Waals surface area (Å²) in [6.45, 7) is 0.412. The van der Waals surface area contributed by atoms with Crippen molar-refractivity contribution >= 4 is 23.1 Å². The number of hydrogen-bond acceptors (Lipinski definition) is 4. The molecule has 0 aliphatic heterocycles. The molecule has 0 atom stereocenters. The lowest BCUT2D eigenvalue weighted by Crippen LogP contribution is -2.12. The van der Waals surface area contributed by atoms with E-state index in [0.29, 0.717) is 12.6 Å². The number of anilines is 1. The van der Waals surface area contributed by atoms with Gasteiger partial charge in [0, 0.05) is 24.4 Å². The molecule has 0 saturated heterocycles. The van der Waals surface area contributed by atoms with Crippen molar-refractivity contribution in [3.63, 3.8) is 0 Å². The van der Waals surface area contributed by atoms with Gasteiger partial charge in [-0.1, -0.05) is 6.42 Å². The molecule has 8 heteroatoms. The maximum absolute atomic E-state index is 12.9. The third kappa shape index (κ3) is 5.82. The number of nitro groups is 1. The van der Waals surface area contributed by atoms with Gasteiger partial charge in [0.2, 0.25) is 0 Å². The number of hydrogen-bond donors (Lipinski definition) is 1. The van der Waals surface area contributed by atoms with Crippen LogP contribution < -0.4 is 5.32 Å². The molecule has 0 saturated carbocycles. The number of nitro benzene ring substituents is 1. The van der Waals surface area contributed by atoms with E-state index < -0.39 is 22.4 Å². The van der Waals surface area contributed by atoms with Gasteiger partial charge in [-0.05, 0) is 30.9 Å². The van der Waals surface area contributed by atoms with Crippen molar-refractivity contribution < 1.29 is 18.1 Å². The molecule has 0 bridgehead atoms. The molecule has 1 N–H and O–H groups in total. The Hall–Kier alpha value is -1.44. The Morgan fingerprint density at radius 1 is 1.29 bits per heavy atom. The fourth-order valence-corrected chi connectivity index (χ4v) is 2.30. The number of nitrogens with one attached hydrogen (secondary N) is 1. The second kappa shape index (κ2) is 8.11. The summed E-state index contributed by atoms with van der Waals surface area (Å²) in [5.74, 6) is 1.03. The lowest BCUT2D eigenvalue weighted by atomic mass is 10.1. The van der Waals surface area contributed by atoms with E-state index in [1.165, 1.54) is 0 Å². The number of nitrogens with zero attached hydrogens (tertiary/aromatic N) is 1. The highest BCUT2D eigenvalue weighted by molar-refractivity contribution is 7.98. The monoisotopic (exact) mass is 322 g/mol. The molecule has 0 unspecified atom stereocenters. The van der Waals surface area contributed by atoms with Crippen LogP contribution in [0.15, 0.2) is 18.2 Å². The van der Waals surface area contributed by atoms with Crippen molar-refractivity contribution in [3.05, 3.63) is 33.9 Å². The van der Waals surface area contributed by atoms with Crippen LogP contribution in [0.2, 0.25) is 0 Å². The zero-order chi connectivity index (χ0) is 15.9. The van der Waals surface area contributed by atoms with Crippen molar-refractivity contribution in [2.75, 3.05) is 23.9 Å². The molecular weight excluding hydrogens is 305 g/mol. The maximum Gasteiger partial charge on any atom is 0.418 e. The minimum absolute atomic E-state index is 0.113. The molecule has 118 valence electrons. The van der Waals surface area contributed by atoms with Crippen LogP contribution in [0.1, 0.15) is 24.8 Å². The van der Waals surface area contributed by atoms with Gasteiger partial charge in [0.25, 0.3) is 5.69 Å². The molecule has 0 aromatic heterocycles. The minimum Gasteiger partial charge on any atom is -0.385 e. The van der Waals surface area contributed by atoms with E-state index in [-0.39, 0.29) is 5.69 Å². The molecule has 0 heterocycles. The van der Waals surface area contributed by atoms with Crippen molar-refractivity contribution in [2.24, 2.45) is 0 Å². The number of halogens is 3. The summed E-state index contributed by atoms with van der Waals surface area (Å²) in [4.78, 5) is 9.74. The highest BCUT2D eigenvalue weighted by atomic mass is 32.2. The molecule has 21 heavy (non-hydrogen) atoms. The Kier molecular flexibility index (Phi) is 6.80. The van der Waals surface area contributed by atoms with Crippen LogP contribution in [0.5, 0.6) is 0 Å². The van der Waals surface area contributed by atoms with Gasteiger partial charge in [-0.25, -0.2) is 0 Å². The van der Waals surface area contributed by atoms with E-state index in [0.717, 1.165) is 37.1 Å². The van der Waals surface area contributed by atoms with Crippen LogP contribution in [0.3, 0.4) is 0 Å². The quantitative estimate of drug-likeness (QED) is 0.433. The lowest BCUT2D eigenvalue weighted by molar-refractivity contribution is -0.385. The van der Waals surface area contributed by atoms with Crippen LogP contribution >= 0.6 is 11.8 Å². The van der Waals surface area contributed by atoms with Gasteiger partial charge in [-0.2, -0.15) is 24.9 Å². The largest absolute Gasteiger partial charge is 0.418 e. The van der Waals surface area contributed by atoms with Crippen molar-refractivity contribution in [1.29, 1.82) is 0 Å². The summed E-state index contributed by atoms with van der Waals surface area (Å²) in [5.41, 5.74) is -1.67. The van der Waals surface area contributed by atoms with Gasteiger partial charge in [-0.3, -0.25) is 10.1 Å². The Bertz CT molecular complexity index is 481. The summed E-state index contributed by atoms with van der Waals surface area (Å²) in [5, 5.41) is 13.3. The Labute approximate surface area is 125 Å². The summed E-state index contributed by atoms with van der Waals surface area (Å²) in [7, 11) is 0.